The maximum absolute atomic E-state index is 12.2. The molecule has 1 aromatic rings. The summed E-state index contributed by atoms with van der Waals surface area (Å²) in [6.45, 7) is 5.61. The Morgan fingerprint density at radius 1 is 0.778 bits per heavy atom. The van der Waals surface area contributed by atoms with Crippen molar-refractivity contribution in [3.05, 3.63) is 47.3 Å². The lowest BCUT2D eigenvalue weighted by Gasteiger charge is -2.28. The number of aldehydes is 1. The number of nitrogens with zero attached hydrogens (tertiary/aromatic N) is 2. The Hall–Kier alpha value is -2.87. The van der Waals surface area contributed by atoms with Gasteiger partial charge in [0.15, 0.2) is 0 Å². The molecule has 1 heterocycles. The quantitative estimate of drug-likeness (QED) is 0.0333. The minimum absolute atomic E-state index is 0.123. The summed E-state index contributed by atoms with van der Waals surface area (Å²) >= 11 is 0. The van der Waals surface area contributed by atoms with Crippen LogP contribution in [0, 0.1) is 0 Å². The number of carbonyl (C=O) groups excluding carboxylic acids is 3. The number of amides is 2. The minimum atomic E-state index is -0.247. The van der Waals surface area contributed by atoms with Crippen LogP contribution < -0.4 is 11.6 Å². The third-order valence-corrected chi connectivity index (χ3v) is 7.14. The van der Waals surface area contributed by atoms with E-state index in [1.807, 2.05) is 12.1 Å². The minimum Gasteiger partial charge on any atom is -0.399 e. The Balaban J connectivity index is 1.30. The SMILES string of the molecule is N/C(=C\N(N)CCCCCCCCCCC=O)COCCOCCOCCOCCOCc1ccc(C(=O)N2CCC2=O)cc1. The van der Waals surface area contributed by atoms with Crippen LogP contribution in [0.2, 0.25) is 0 Å². The summed E-state index contributed by atoms with van der Waals surface area (Å²) in [6.07, 6.45) is 13.0. The molecule has 1 aliphatic rings. The maximum atomic E-state index is 12.2. The van der Waals surface area contributed by atoms with Crippen molar-refractivity contribution in [2.75, 3.05) is 72.6 Å². The van der Waals surface area contributed by atoms with E-state index in [2.05, 4.69) is 0 Å². The molecule has 12 nitrogen and oxygen atoms in total. The van der Waals surface area contributed by atoms with Gasteiger partial charge in [0.05, 0.1) is 71.8 Å². The number of carbonyl (C=O) groups is 3. The van der Waals surface area contributed by atoms with E-state index in [0.717, 1.165) is 44.1 Å². The summed E-state index contributed by atoms with van der Waals surface area (Å²) in [5, 5.41) is 1.62. The molecule has 0 bridgehead atoms. The molecule has 0 unspecified atom stereocenters. The Morgan fingerprint density at radius 3 is 1.84 bits per heavy atom. The van der Waals surface area contributed by atoms with E-state index in [0.29, 0.717) is 96.7 Å². The van der Waals surface area contributed by atoms with Crippen molar-refractivity contribution < 1.29 is 38.1 Å². The second-order valence-corrected chi connectivity index (χ2v) is 11.0. The first-order valence-electron chi connectivity index (χ1n) is 16.2. The predicted molar refractivity (Wildman–Crippen MR) is 171 cm³/mol. The number of β-lactam (4-membered cyclic amide) rings is 1. The third-order valence-electron chi connectivity index (χ3n) is 7.14. The number of hydrazine groups is 1. The van der Waals surface area contributed by atoms with Gasteiger partial charge in [-0.15, -0.1) is 0 Å². The van der Waals surface area contributed by atoms with Crippen molar-refractivity contribution in [1.82, 2.24) is 9.91 Å². The van der Waals surface area contributed by atoms with Gasteiger partial charge in [-0.1, -0.05) is 50.7 Å². The van der Waals surface area contributed by atoms with Crippen molar-refractivity contribution in [3.63, 3.8) is 0 Å². The van der Waals surface area contributed by atoms with Gasteiger partial charge < -0.3 is 39.2 Å². The lowest BCUT2D eigenvalue weighted by Crippen LogP contribution is -2.47. The predicted octanol–water partition coefficient (Wildman–Crippen LogP) is 3.33. The molecule has 1 aliphatic heterocycles. The Labute approximate surface area is 268 Å². The van der Waals surface area contributed by atoms with E-state index in [-0.39, 0.29) is 11.8 Å². The van der Waals surface area contributed by atoms with Crippen LogP contribution >= 0.6 is 0 Å². The first-order chi connectivity index (χ1) is 22.0. The van der Waals surface area contributed by atoms with E-state index < -0.39 is 0 Å². The van der Waals surface area contributed by atoms with Crippen LogP contribution in [-0.2, 0) is 39.9 Å². The summed E-state index contributed by atoms with van der Waals surface area (Å²) in [7, 11) is 0. The molecule has 2 rings (SSSR count). The normalized spacial score (nSPS) is 13.2. The van der Waals surface area contributed by atoms with Crippen molar-refractivity contribution in [3.8, 4) is 0 Å². The first-order valence-corrected chi connectivity index (χ1v) is 16.2. The fourth-order valence-corrected chi connectivity index (χ4v) is 4.48. The van der Waals surface area contributed by atoms with Gasteiger partial charge in [0, 0.05) is 37.7 Å². The van der Waals surface area contributed by atoms with Crippen LogP contribution in [-0.4, -0.2) is 101 Å². The van der Waals surface area contributed by atoms with E-state index in [1.54, 1.807) is 23.3 Å². The standard InChI is InChI=1S/C33H54N4O8/c34-31(26-36(35)15-8-6-4-2-1-3-5-7-9-17-38)28-45-25-23-43-21-19-41-18-20-42-22-24-44-27-29-10-12-30(13-11-29)33(40)37-16-14-32(37)39/h10-13,17,26H,1-9,14-16,18-25,27-28,34-35H2/b31-26-. The zero-order valence-corrected chi connectivity index (χ0v) is 26.8. The second kappa shape index (κ2) is 25.3. The summed E-state index contributed by atoms with van der Waals surface area (Å²) in [6, 6.07) is 7.10. The lowest BCUT2D eigenvalue weighted by atomic mass is 10.1. The molecule has 4 N–H and O–H groups in total. The van der Waals surface area contributed by atoms with Crippen LogP contribution in [0.5, 0.6) is 0 Å². The van der Waals surface area contributed by atoms with Crippen LogP contribution in [0.25, 0.3) is 0 Å². The molecule has 1 aromatic carbocycles. The molecular formula is C33H54N4O8. The number of imide groups is 1. The van der Waals surface area contributed by atoms with E-state index in [1.165, 1.54) is 30.6 Å². The summed E-state index contributed by atoms with van der Waals surface area (Å²) in [4.78, 5) is 35.1. The molecule has 254 valence electrons. The molecule has 0 aliphatic carbocycles. The smallest absolute Gasteiger partial charge is 0.260 e. The highest BCUT2D eigenvalue weighted by molar-refractivity contribution is 6.07. The third kappa shape index (κ3) is 18.6. The molecule has 12 heteroatoms. The summed E-state index contributed by atoms with van der Waals surface area (Å²) in [5.41, 5.74) is 8.02. The molecule has 0 radical (unpaired) electrons. The van der Waals surface area contributed by atoms with Crippen LogP contribution in [0.1, 0.15) is 80.1 Å². The van der Waals surface area contributed by atoms with E-state index in [9.17, 15) is 14.4 Å². The van der Waals surface area contributed by atoms with Crippen LogP contribution in [0.3, 0.4) is 0 Å². The van der Waals surface area contributed by atoms with Crippen molar-refractivity contribution >= 4 is 18.1 Å². The molecule has 2 amide bonds. The Morgan fingerprint density at radius 2 is 1.31 bits per heavy atom. The second-order valence-electron chi connectivity index (χ2n) is 11.0. The average molecular weight is 635 g/mol. The van der Waals surface area contributed by atoms with Gasteiger partial charge in [-0.2, -0.15) is 0 Å². The molecule has 0 spiro atoms. The lowest BCUT2D eigenvalue weighted by molar-refractivity contribution is -0.136. The van der Waals surface area contributed by atoms with Gasteiger partial charge in [0.2, 0.25) is 5.91 Å². The van der Waals surface area contributed by atoms with Gasteiger partial charge in [-0.3, -0.25) is 14.5 Å². The maximum Gasteiger partial charge on any atom is 0.260 e. The number of unbranched alkanes of at least 4 members (excludes halogenated alkanes) is 8. The highest BCUT2D eigenvalue weighted by Gasteiger charge is 2.30. The van der Waals surface area contributed by atoms with Gasteiger partial charge in [0.1, 0.15) is 6.29 Å². The van der Waals surface area contributed by atoms with Gasteiger partial charge in [0.25, 0.3) is 5.91 Å². The highest BCUT2D eigenvalue weighted by atomic mass is 16.6. The fraction of sp³-hybridized carbons (Fsp3) is 0.667. The van der Waals surface area contributed by atoms with Crippen molar-refractivity contribution in [2.24, 2.45) is 11.6 Å². The number of hydrogen-bond donors (Lipinski definition) is 2. The molecule has 1 fully saturated rings. The van der Waals surface area contributed by atoms with Gasteiger partial charge in [-0.05, 0) is 30.5 Å². The average Bonchev–Trinajstić information content (AvgIpc) is 3.03. The van der Waals surface area contributed by atoms with Crippen molar-refractivity contribution in [2.45, 2.75) is 70.8 Å². The fourth-order valence-electron chi connectivity index (χ4n) is 4.48. The number of nitrogens with two attached hydrogens (primary N) is 2. The molecule has 1 saturated heterocycles. The number of benzene rings is 1. The summed E-state index contributed by atoms with van der Waals surface area (Å²) < 4.78 is 27.7. The first kappa shape index (κ1) is 38.3. The van der Waals surface area contributed by atoms with E-state index in [4.69, 9.17) is 35.3 Å². The number of ether oxygens (including phenoxy) is 5. The number of likely N-dealkylation sites (tertiary alicyclic amines) is 1. The Bertz CT molecular complexity index is 976. The topological polar surface area (TPSA) is 156 Å². The Kier molecular flexibility index (Phi) is 21.6. The zero-order valence-electron chi connectivity index (χ0n) is 26.8. The number of rotatable bonds is 29. The monoisotopic (exact) mass is 634 g/mol. The molecule has 0 atom stereocenters. The molecule has 0 saturated carbocycles. The largest absolute Gasteiger partial charge is 0.399 e. The van der Waals surface area contributed by atoms with Crippen LogP contribution in [0.4, 0.5) is 0 Å². The zero-order chi connectivity index (χ0) is 32.4. The van der Waals surface area contributed by atoms with Crippen molar-refractivity contribution in [1.29, 1.82) is 0 Å². The molecular weight excluding hydrogens is 580 g/mol. The molecule has 45 heavy (non-hydrogen) atoms. The highest BCUT2D eigenvalue weighted by Crippen LogP contribution is 2.15. The van der Waals surface area contributed by atoms with E-state index >= 15 is 0 Å². The van der Waals surface area contributed by atoms with Gasteiger partial charge >= 0.3 is 0 Å². The number of hydrogen-bond acceptors (Lipinski definition) is 11. The summed E-state index contributed by atoms with van der Waals surface area (Å²) in [5.74, 6) is 5.64. The van der Waals surface area contributed by atoms with Gasteiger partial charge in [-0.25, -0.2) is 5.84 Å². The molecule has 0 aromatic heterocycles. The van der Waals surface area contributed by atoms with Crippen LogP contribution in [0.15, 0.2) is 36.2 Å².